The fourth-order valence-electron chi connectivity index (χ4n) is 2.72. The molecule has 8 heteroatoms. The number of aromatic nitrogens is 2. The average Bonchev–Trinajstić information content (AvgIpc) is 2.91. The van der Waals surface area contributed by atoms with E-state index in [0.29, 0.717) is 17.3 Å². The fraction of sp³-hybridized carbons (Fsp3) is 0.389. The molecule has 5 nitrogen and oxygen atoms in total. The van der Waals surface area contributed by atoms with Crippen LogP contribution in [0.5, 0.6) is 5.88 Å². The molecule has 2 aromatic rings. The van der Waals surface area contributed by atoms with Gasteiger partial charge in [0.15, 0.2) is 0 Å². The van der Waals surface area contributed by atoms with Gasteiger partial charge in [0.25, 0.3) is 5.91 Å². The number of carbonyl (C=O) groups excluding carboxylic acids is 1. The molecule has 0 N–H and O–H groups in total. The Labute approximate surface area is 161 Å². The van der Waals surface area contributed by atoms with Gasteiger partial charge in [0.2, 0.25) is 5.88 Å². The summed E-state index contributed by atoms with van der Waals surface area (Å²) >= 11 is 12.3. The van der Waals surface area contributed by atoms with Crippen molar-refractivity contribution in [2.45, 2.75) is 39.0 Å². The first-order valence-corrected chi connectivity index (χ1v) is 8.84. The van der Waals surface area contributed by atoms with Crippen molar-refractivity contribution in [1.82, 2.24) is 14.9 Å². The third-order valence-electron chi connectivity index (χ3n) is 4.15. The van der Waals surface area contributed by atoms with Gasteiger partial charge in [0, 0.05) is 23.5 Å². The first-order valence-electron chi connectivity index (χ1n) is 8.09. The molecular weight excluding hydrogens is 380 g/mol. The summed E-state index contributed by atoms with van der Waals surface area (Å²) in [5.74, 6) is 0.0454. The molecule has 1 aliphatic heterocycles. The first kappa shape index (κ1) is 18.9. The third-order valence-corrected chi connectivity index (χ3v) is 4.75. The molecule has 0 fully saturated rings. The van der Waals surface area contributed by atoms with Crippen molar-refractivity contribution in [2.75, 3.05) is 6.61 Å². The molecule has 3 heterocycles. The molecule has 138 valence electrons. The summed E-state index contributed by atoms with van der Waals surface area (Å²) in [6.45, 7) is 4.92. The van der Waals surface area contributed by atoms with E-state index in [4.69, 9.17) is 27.9 Å². The molecule has 1 unspecified atom stereocenters. The number of pyridine rings is 2. The van der Waals surface area contributed by atoms with Crippen LogP contribution in [-0.4, -0.2) is 33.1 Å². The summed E-state index contributed by atoms with van der Waals surface area (Å²) in [5.41, 5.74) is 0.529. The van der Waals surface area contributed by atoms with Gasteiger partial charge in [-0.15, -0.1) is 0 Å². The maximum atomic E-state index is 13.6. The van der Waals surface area contributed by atoms with Crippen LogP contribution in [0.3, 0.4) is 0 Å². The van der Waals surface area contributed by atoms with Gasteiger partial charge in [-0.25, -0.2) is 14.4 Å². The lowest BCUT2D eigenvalue weighted by Gasteiger charge is -2.25. The van der Waals surface area contributed by atoms with Crippen molar-refractivity contribution in [2.24, 2.45) is 0 Å². The molecule has 3 rings (SSSR count). The minimum absolute atomic E-state index is 0.118. The molecule has 1 amide bonds. The van der Waals surface area contributed by atoms with Crippen molar-refractivity contribution in [3.05, 3.63) is 51.4 Å². The molecule has 0 saturated heterocycles. The first-order chi connectivity index (χ1) is 12.2. The number of nitrogens with zero attached hydrogens (tertiary/aromatic N) is 3. The Kier molecular flexibility index (Phi) is 5.08. The molecule has 0 aliphatic carbocycles. The monoisotopic (exact) mass is 397 g/mol. The zero-order valence-corrected chi connectivity index (χ0v) is 16.1. The van der Waals surface area contributed by atoms with Crippen LogP contribution in [-0.2, 0) is 6.54 Å². The topological polar surface area (TPSA) is 55.3 Å². The molecule has 0 saturated carbocycles. The summed E-state index contributed by atoms with van der Waals surface area (Å²) in [4.78, 5) is 22.5. The number of fused-ring (bicyclic) bond motifs is 1. The normalized spacial score (nSPS) is 15.2. The number of rotatable bonds is 5. The Balaban J connectivity index is 1.79. The van der Waals surface area contributed by atoms with Crippen LogP contribution in [0.25, 0.3) is 0 Å². The van der Waals surface area contributed by atoms with Gasteiger partial charge in [0.1, 0.15) is 22.5 Å². The van der Waals surface area contributed by atoms with Crippen LogP contribution in [0.2, 0.25) is 10.2 Å². The second kappa shape index (κ2) is 7.00. The number of halogens is 3. The minimum atomic E-state index is -1.49. The summed E-state index contributed by atoms with van der Waals surface area (Å²) in [5, 5.41) is 0.599. The number of ether oxygens (including phenoxy) is 1. The van der Waals surface area contributed by atoms with E-state index < -0.39 is 5.67 Å². The molecule has 0 aromatic carbocycles. The van der Waals surface area contributed by atoms with Crippen LogP contribution in [0.15, 0.2) is 24.5 Å². The van der Waals surface area contributed by atoms with E-state index in [2.05, 4.69) is 9.97 Å². The van der Waals surface area contributed by atoms with Crippen molar-refractivity contribution in [1.29, 1.82) is 0 Å². The van der Waals surface area contributed by atoms with Gasteiger partial charge < -0.3 is 9.64 Å². The van der Waals surface area contributed by atoms with Gasteiger partial charge >= 0.3 is 0 Å². The summed E-state index contributed by atoms with van der Waals surface area (Å²) in [6.07, 6.45) is 3.09. The van der Waals surface area contributed by atoms with Crippen LogP contribution >= 0.6 is 23.2 Å². The fourth-order valence-corrected chi connectivity index (χ4v) is 3.17. The number of amides is 1. The van der Waals surface area contributed by atoms with Crippen LogP contribution in [0.4, 0.5) is 4.39 Å². The molecule has 0 radical (unpaired) electrons. The number of carbonyl (C=O) groups is 1. The van der Waals surface area contributed by atoms with E-state index in [1.54, 1.807) is 23.2 Å². The molecular formula is C18H18Cl2FN3O2. The number of hydrogen-bond donors (Lipinski definition) is 0. The van der Waals surface area contributed by atoms with Crippen LogP contribution in [0.1, 0.15) is 48.3 Å². The number of alkyl halides is 1. The average molecular weight is 398 g/mol. The molecule has 1 atom stereocenters. The Morgan fingerprint density at radius 3 is 2.73 bits per heavy atom. The maximum Gasteiger partial charge on any atom is 0.255 e. The van der Waals surface area contributed by atoms with Gasteiger partial charge in [-0.3, -0.25) is 4.79 Å². The van der Waals surface area contributed by atoms with E-state index in [9.17, 15) is 9.18 Å². The van der Waals surface area contributed by atoms with E-state index >= 15 is 0 Å². The smallest absolute Gasteiger partial charge is 0.255 e. The predicted octanol–water partition coefficient (Wildman–Crippen LogP) is 4.63. The summed E-state index contributed by atoms with van der Waals surface area (Å²) in [6, 6.07) is 3.06. The highest BCUT2D eigenvalue weighted by molar-refractivity contribution is 6.32. The Morgan fingerprint density at radius 1 is 1.38 bits per heavy atom. The Bertz CT molecular complexity index is 855. The van der Waals surface area contributed by atoms with E-state index in [0.717, 1.165) is 11.1 Å². The predicted molar refractivity (Wildman–Crippen MR) is 97.5 cm³/mol. The summed E-state index contributed by atoms with van der Waals surface area (Å²) < 4.78 is 18.9. The zero-order valence-electron chi connectivity index (χ0n) is 14.6. The van der Waals surface area contributed by atoms with Gasteiger partial charge in [-0.2, -0.15) is 0 Å². The summed E-state index contributed by atoms with van der Waals surface area (Å²) in [7, 11) is 0. The van der Waals surface area contributed by atoms with Crippen molar-refractivity contribution in [3.63, 3.8) is 0 Å². The number of hydrogen-bond acceptors (Lipinski definition) is 4. The molecule has 2 aromatic heterocycles. The lowest BCUT2D eigenvalue weighted by Crippen LogP contribution is -2.27. The third kappa shape index (κ3) is 3.76. The quantitative estimate of drug-likeness (QED) is 0.690. The second-order valence-corrected chi connectivity index (χ2v) is 7.57. The Morgan fingerprint density at radius 2 is 2.12 bits per heavy atom. The SMILES string of the molecule is CC(c1cnc(OCC(C)(C)F)c(Cl)c1)N1Cc2c(ccnc2Cl)C1=O. The molecule has 26 heavy (non-hydrogen) atoms. The highest BCUT2D eigenvalue weighted by Gasteiger charge is 2.33. The minimum Gasteiger partial charge on any atom is -0.473 e. The van der Waals surface area contributed by atoms with E-state index in [1.807, 2.05) is 6.92 Å². The molecule has 0 spiro atoms. The second-order valence-electron chi connectivity index (χ2n) is 6.80. The maximum absolute atomic E-state index is 13.6. The molecule has 0 bridgehead atoms. The molecule has 1 aliphatic rings. The van der Waals surface area contributed by atoms with Crippen molar-refractivity contribution >= 4 is 29.1 Å². The lowest BCUT2D eigenvalue weighted by atomic mass is 10.1. The van der Waals surface area contributed by atoms with Gasteiger partial charge in [0.05, 0.1) is 12.6 Å². The highest BCUT2D eigenvalue weighted by Crippen LogP contribution is 2.35. The highest BCUT2D eigenvalue weighted by atomic mass is 35.5. The van der Waals surface area contributed by atoms with E-state index in [1.165, 1.54) is 20.0 Å². The van der Waals surface area contributed by atoms with Crippen molar-refractivity contribution < 1.29 is 13.9 Å². The largest absolute Gasteiger partial charge is 0.473 e. The van der Waals surface area contributed by atoms with Gasteiger partial charge in [-0.05, 0) is 38.5 Å². The van der Waals surface area contributed by atoms with E-state index in [-0.39, 0.29) is 29.5 Å². The van der Waals surface area contributed by atoms with Crippen LogP contribution in [0, 0.1) is 0 Å². The lowest BCUT2D eigenvalue weighted by molar-refractivity contribution is 0.0715. The van der Waals surface area contributed by atoms with Crippen LogP contribution < -0.4 is 4.74 Å². The zero-order chi connectivity index (χ0) is 19.1. The van der Waals surface area contributed by atoms with Crippen molar-refractivity contribution in [3.8, 4) is 5.88 Å². The van der Waals surface area contributed by atoms with Gasteiger partial charge in [-0.1, -0.05) is 23.2 Å². The standard InChI is InChI=1S/C18H18Cl2FN3O2/c1-10(24-8-13-12(17(24)25)4-5-22-15(13)20)11-6-14(19)16(23-7-11)26-9-18(2,3)21/h4-7,10H,8-9H2,1-3H3. The Hall–Kier alpha value is -1.92.